The molecular formula is C14H12BrFO2S. The van der Waals surface area contributed by atoms with Crippen molar-refractivity contribution < 1.29 is 12.8 Å². The van der Waals surface area contributed by atoms with Gasteiger partial charge in [0.1, 0.15) is 5.82 Å². The first-order valence-electron chi connectivity index (χ1n) is 5.61. The molecule has 100 valence electrons. The van der Waals surface area contributed by atoms with Crippen molar-refractivity contribution in [3.63, 3.8) is 0 Å². The molecule has 0 fully saturated rings. The lowest BCUT2D eigenvalue weighted by Gasteiger charge is -2.06. The third-order valence-corrected chi connectivity index (χ3v) is 4.77. The van der Waals surface area contributed by atoms with Crippen LogP contribution < -0.4 is 0 Å². The smallest absolute Gasteiger partial charge is 0.182 e. The maximum absolute atomic E-state index is 13.2. The molecule has 2 aromatic carbocycles. The Kier molecular flexibility index (Phi) is 4.06. The Bertz CT molecular complexity index is 691. The predicted octanol–water partition coefficient (Wildman–Crippen LogP) is 3.87. The molecular weight excluding hydrogens is 331 g/mol. The lowest BCUT2D eigenvalue weighted by atomic mass is 10.2. The van der Waals surface area contributed by atoms with Crippen molar-refractivity contribution >= 4 is 25.8 Å². The molecule has 2 nitrogen and oxygen atoms in total. The van der Waals surface area contributed by atoms with Gasteiger partial charge in [0.2, 0.25) is 0 Å². The number of halogens is 2. The minimum Gasteiger partial charge on any atom is -0.223 e. The van der Waals surface area contributed by atoms with Gasteiger partial charge in [-0.25, -0.2) is 12.8 Å². The number of rotatable bonds is 3. The van der Waals surface area contributed by atoms with Gasteiger partial charge < -0.3 is 0 Å². The Balaban J connectivity index is 2.36. The van der Waals surface area contributed by atoms with Crippen molar-refractivity contribution in [1.82, 2.24) is 0 Å². The second-order valence-corrected chi connectivity index (χ2v) is 7.26. The standard InChI is InChI=1S/C14H12BrFO2S/c1-10-3-2-4-14(5-10)19(17,18)9-11-6-12(15)8-13(16)7-11/h2-8H,9H2,1H3. The molecule has 0 aliphatic carbocycles. The molecule has 19 heavy (non-hydrogen) atoms. The molecule has 0 heterocycles. The van der Waals surface area contributed by atoms with Gasteiger partial charge in [-0.2, -0.15) is 0 Å². The molecule has 0 saturated carbocycles. The summed E-state index contributed by atoms with van der Waals surface area (Å²) in [7, 11) is -3.46. The molecule has 2 rings (SSSR count). The van der Waals surface area contributed by atoms with Crippen molar-refractivity contribution in [3.8, 4) is 0 Å². The molecule has 0 radical (unpaired) electrons. The van der Waals surface area contributed by atoms with Crippen molar-refractivity contribution in [2.24, 2.45) is 0 Å². The molecule has 0 aliphatic rings. The molecule has 2 aromatic rings. The van der Waals surface area contributed by atoms with E-state index in [1.807, 2.05) is 13.0 Å². The Labute approximate surface area is 120 Å². The maximum Gasteiger partial charge on any atom is 0.182 e. The van der Waals surface area contributed by atoms with Gasteiger partial charge in [-0.1, -0.05) is 28.1 Å². The second-order valence-electron chi connectivity index (χ2n) is 4.35. The van der Waals surface area contributed by atoms with Crippen molar-refractivity contribution in [2.45, 2.75) is 17.6 Å². The molecule has 0 amide bonds. The molecule has 0 aliphatic heterocycles. The van der Waals surface area contributed by atoms with E-state index >= 15 is 0 Å². The maximum atomic E-state index is 13.2. The van der Waals surface area contributed by atoms with Crippen LogP contribution in [-0.4, -0.2) is 8.42 Å². The Hall–Kier alpha value is -1.20. The van der Waals surface area contributed by atoms with Crippen LogP contribution in [0.15, 0.2) is 51.8 Å². The van der Waals surface area contributed by atoms with Gasteiger partial charge in [0, 0.05) is 4.47 Å². The molecule has 0 unspecified atom stereocenters. The van der Waals surface area contributed by atoms with Crippen LogP contribution in [0.1, 0.15) is 11.1 Å². The first-order valence-corrected chi connectivity index (χ1v) is 8.06. The zero-order valence-corrected chi connectivity index (χ0v) is 12.6. The van der Waals surface area contributed by atoms with Crippen LogP contribution in [0.4, 0.5) is 4.39 Å². The SMILES string of the molecule is Cc1cccc(S(=O)(=O)Cc2cc(F)cc(Br)c2)c1. The van der Waals surface area contributed by atoms with Gasteiger partial charge in [0.25, 0.3) is 0 Å². The molecule has 0 N–H and O–H groups in total. The van der Waals surface area contributed by atoms with Gasteiger partial charge in [0.05, 0.1) is 10.6 Å². The fourth-order valence-electron chi connectivity index (χ4n) is 1.81. The van der Waals surface area contributed by atoms with E-state index in [1.165, 1.54) is 12.1 Å². The predicted molar refractivity (Wildman–Crippen MR) is 76.2 cm³/mol. The van der Waals surface area contributed by atoms with Crippen LogP contribution in [0, 0.1) is 12.7 Å². The summed E-state index contributed by atoms with van der Waals surface area (Å²) in [5.74, 6) is -0.670. The Morgan fingerprint density at radius 3 is 2.53 bits per heavy atom. The Morgan fingerprint density at radius 1 is 1.16 bits per heavy atom. The third-order valence-electron chi connectivity index (χ3n) is 2.63. The first-order chi connectivity index (χ1) is 8.87. The average Bonchev–Trinajstić information content (AvgIpc) is 2.26. The number of benzene rings is 2. The zero-order chi connectivity index (χ0) is 14.0. The summed E-state index contributed by atoms with van der Waals surface area (Å²) in [6.45, 7) is 1.83. The highest BCUT2D eigenvalue weighted by atomic mass is 79.9. The topological polar surface area (TPSA) is 34.1 Å². The third kappa shape index (κ3) is 3.64. The molecule has 0 spiro atoms. The molecule has 0 bridgehead atoms. The number of hydrogen-bond acceptors (Lipinski definition) is 2. The highest BCUT2D eigenvalue weighted by molar-refractivity contribution is 9.10. The minimum atomic E-state index is -3.46. The van der Waals surface area contributed by atoms with Crippen LogP contribution in [-0.2, 0) is 15.6 Å². The normalized spacial score (nSPS) is 11.5. The van der Waals surface area contributed by atoms with E-state index in [1.54, 1.807) is 24.3 Å². The van der Waals surface area contributed by atoms with E-state index < -0.39 is 15.7 Å². The van der Waals surface area contributed by atoms with Crippen LogP contribution in [0.3, 0.4) is 0 Å². The lowest BCUT2D eigenvalue weighted by Crippen LogP contribution is -2.05. The number of hydrogen-bond donors (Lipinski definition) is 0. The minimum absolute atomic E-state index is 0.215. The van der Waals surface area contributed by atoms with Crippen molar-refractivity contribution in [1.29, 1.82) is 0 Å². The fourth-order valence-corrected chi connectivity index (χ4v) is 3.74. The summed E-state index contributed by atoms with van der Waals surface area (Å²) < 4.78 is 38.3. The van der Waals surface area contributed by atoms with Crippen LogP contribution >= 0.6 is 15.9 Å². The van der Waals surface area contributed by atoms with E-state index in [0.29, 0.717) is 10.0 Å². The van der Waals surface area contributed by atoms with Crippen molar-refractivity contribution in [3.05, 3.63) is 63.9 Å². The summed E-state index contributed by atoms with van der Waals surface area (Å²) in [4.78, 5) is 0.257. The molecule has 0 aromatic heterocycles. The lowest BCUT2D eigenvalue weighted by molar-refractivity contribution is 0.594. The summed E-state index contributed by atoms with van der Waals surface area (Å²) in [5, 5.41) is 0. The molecule has 0 atom stereocenters. The average molecular weight is 343 g/mol. The summed E-state index contributed by atoms with van der Waals surface area (Å²) in [6, 6.07) is 10.8. The number of aryl methyl sites for hydroxylation is 1. The monoisotopic (exact) mass is 342 g/mol. The van der Waals surface area contributed by atoms with Gasteiger partial charge in [0.15, 0.2) is 9.84 Å². The van der Waals surface area contributed by atoms with Gasteiger partial charge >= 0.3 is 0 Å². The van der Waals surface area contributed by atoms with Gasteiger partial charge in [-0.15, -0.1) is 0 Å². The summed E-state index contributed by atoms with van der Waals surface area (Å²) in [5.41, 5.74) is 1.30. The van der Waals surface area contributed by atoms with Gasteiger partial charge in [-0.3, -0.25) is 0 Å². The van der Waals surface area contributed by atoms with E-state index in [2.05, 4.69) is 15.9 Å². The highest BCUT2D eigenvalue weighted by Gasteiger charge is 2.16. The summed E-state index contributed by atoms with van der Waals surface area (Å²) in [6.07, 6.45) is 0. The van der Waals surface area contributed by atoms with E-state index in [4.69, 9.17) is 0 Å². The summed E-state index contributed by atoms with van der Waals surface area (Å²) >= 11 is 3.15. The molecule has 5 heteroatoms. The van der Waals surface area contributed by atoms with Gasteiger partial charge in [-0.05, 0) is 48.4 Å². The molecule has 0 saturated heterocycles. The quantitative estimate of drug-likeness (QED) is 0.848. The first kappa shape index (κ1) is 14.2. The second kappa shape index (κ2) is 5.43. The van der Waals surface area contributed by atoms with E-state index in [-0.39, 0.29) is 10.6 Å². The van der Waals surface area contributed by atoms with Crippen molar-refractivity contribution in [2.75, 3.05) is 0 Å². The number of sulfone groups is 1. The fraction of sp³-hybridized carbons (Fsp3) is 0.143. The van der Waals surface area contributed by atoms with E-state index in [0.717, 1.165) is 5.56 Å². The zero-order valence-electron chi connectivity index (χ0n) is 10.2. The largest absolute Gasteiger partial charge is 0.223 e. The van der Waals surface area contributed by atoms with Crippen LogP contribution in [0.5, 0.6) is 0 Å². The van der Waals surface area contributed by atoms with Crippen LogP contribution in [0.2, 0.25) is 0 Å². The Morgan fingerprint density at radius 2 is 1.89 bits per heavy atom. The van der Waals surface area contributed by atoms with Crippen LogP contribution in [0.25, 0.3) is 0 Å². The highest BCUT2D eigenvalue weighted by Crippen LogP contribution is 2.21. The van der Waals surface area contributed by atoms with E-state index in [9.17, 15) is 12.8 Å².